The van der Waals surface area contributed by atoms with Gasteiger partial charge < -0.3 is 33.8 Å². The van der Waals surface area contributed by atoms with Crippen LogP contribution in [0, 0.1) is 5.92 Å². The van der Waals surface area contributed by atoms with Gasteiger partial charge in [0.2, 0.25) is 0 Å². The second-order valence-corrected chi connectivity index (χ2v) is 35.0. The molecule has 2 unspecified atom stereocenters. The minimum absolute atomic E-state index is 0.109. The van der Waals surface area contributed by atoms with Crippen LogP contribution >= 0.6 is 15.6 Å². The highest BCUT2D eigenvalue weighted by Crippen LogP contribution is 2.45. The van der Waals surface area contributed by atoms with Gasteiger partial charge in [0.1, 0.15) is 19.3 Å². The average molecular weight is 1560 g/mol. The molecule has 0 bridgehead atoms. The maximum atomic E-state index is 13.2. The fraction of sp³-hybridized carbons (Fsp3) is 0.955. The fourth-order valence-corrected chi connectivity index (χ4v) is 15.4. The van der Waals surface area contributed by atoms with Crippen LogP contribution < -0.4 is 0 Å². The number of unbranched alkanes of at least 4 members (excludes halogenated alkanes) is 60. The first kappa shape index (κ1) is 105. The molecule has 107 heavy (non-hydrogen) atoms. The zero-order valence-electron chi connectivity index (χ0n) is 70.3. The first-order valence-electron chi connectivity index (χ1n) is 45.6. The molecule has 0 aromatic carbocycles. The number of aliphatic hydroxyl groups is 1. The van der Waals surface area contributed by atoms with Gasteiger partial charge in [0, 0.05) is 25.7 Å². The van der Waals surface area contributed by atoms with Crippen LogP contribution in [0.25, 0.3) is 0 Å². The lowest BCUT2D eigenvalue weighted by Gasteiger charge is -2.21. The molecule has 0 aliphatic heterocycles. The van der Waals surface area contributed by atoms with Gasteiger partial charge in [0.25, 0.3) is 0 Å². The summed E-state index contributed by atoms with van der Waals surface area (Å²) < 4.78 is 68.9. The van der Waals surface area contributed by atoms with Gasteiger partial charge in [0.15, 0.2) is 12.2 Å². The third kappa shape index (κ3) is 81.9. The van der Waals surface area contributed by atoms with Crippen molar-refractivity contribution in [2.24, 2.45) is 5.92 Å². The third-order valence-electron chi connectivity index (χ3n) is 20.8. The minimum Gasteiger partial charge on any atom is -0.462 e. The molecule has 0 saturated heterocycles. The van der Waals surface area contributed by atoms with Crippen molar-refractivity contribution in [1.29, 1.82) is 0 Å². The topological polar surface area (TPSA) is 237 Å². The quantitative estimate of drug-likeness (QED) is 0.0222. The Bertz CT molecular complexity index is 2030. The Balaban J connectivity index is 5.19. The molecular formula is C88H172O17P2. The summed E-state index contributed by atoms with van der Waals surface area (Å²) in [7, 11) is -9.93. The van der Waals surface area contributed by atoms with Gasteiger partial charge in [0.05, 0.1) is 26.4 Å². The van der Waals surface area contributed by atoms with Gasteiger partial charge in [-0.1, -0.05) is 426 Å². The summed E-state index contributed by atoms with van der Waals surface area (Å²) in [5, 5.41) is 10.7. The lowest BCUT2D eigenvalue weighted by molar-refractivity contribution is -0.161. The Kier molecular flexibility index (Phi) is 79.2. The van der Waals surface area contributed by atoms with Crippen LogP contribution in [-0.2, 0) is 65.4 Å². The zero-order valence-corrected chi connectivity index (χ0v) is 72.1. The van der Waals surface area contributed by atoms with Crippen LogP contribution in [0.2, 0.25) is 0 Å². The number of phosphoric ester groups is 2. The van der Waals surface area contributed by atoms with E-state index in [1.54, 1.807) is 0 Å². The molecule has 636 valence electrons. The molecule has 0 fully saturated rings. The van der Waals surface area contributed by atoms with E-state index in [1.165, 1.54) is 302 Å². The molecule has 0 aromatic rings. The van der Waals surface area contributed by atoms with E-state index in [4.69, 9.17) is 37.0 Å². The average Bonchev–Trinajstić information content (AvgIpc) is 0.903. The van der Waals surface area contributed by atoms with Gasteiger partial charge in [-0.3, -0.25) is 37.3 Å². The molecule has 17 nitrogen and oxygen atoms in total. The van der Waals surface area contributed by atoms with Crippen molar-refractivity contribution in [2.45, 2.75) is 496 Å². The molecule has 3 N–H and O–H groups in total. The Morgan fingerprint density at radius 3 is 0.636 bits per heavy atom. The predicted octanol–water partition coefficient (Wildman–Crippen LogP) is 27.2. The highest BCUT2D eigenvalue weighted by molar-refractivity contribution is 7.47. The summed E-state index contributed by atoms with van der Waals surface area (Å²) >= 11 is 0. The van der Waals surface area contributed by atoms with E-state index in [2.05, 4.69) is 34.6 Å². The molecule has 0 spiro atoms. The van der Waals surface area contributed by atoms with E-state index < -0.39 is 97.5 Å². The van der Waals surface area contributed by atoms with Crippen LogP contribution in [-0.4, -0.2) is 96.7 Å². The predicted molar refractivity (Wildman–Crippen MR) is 442 cm³/mol. The zero-order chi connectivity index (χ0) is 78.3. The van der Waals surface area contributed by atoms with Gasteiger partial charge in [-0.15, -0.1) is 0 Å². The van der Waals surface area contributed by atoms with E-state index >= 15 is 0 Å². The van der Waals surface area contributed by atoms with Gasteiger partial charge in [-0.05, 0) is 31.6 Å². The minimum atomic E-state index is -4.97. The number of aliphatic hydroxyl groups excluding tert-OH is 1. The molecule has 0 saturated carbocycles. The number of carbonyl (C=O) groups excluding carboxylic acids is 4. The van der Waals surface area contributed by atoms with E-state index in [0.717, 1.165) is 95.8 Å². The molecule has 0 radical (unpaired) electrons. The fourth-order valence-electron chi connectivity index (χ4n) is 13.8. The first-order valence-corrected chi connectivity index (χ1v) is 48.6. The van der Waals surface area contributed by atoms with Crippen LogP contribution in [0.15, 0.2) is 0 Å². The van der Waals surface area contributed by atoms with Crippen molar-refractivity contribution >= 4 is 39.5 Å². The molecule has 0 heterocycles. The lowest BCUT2D eigenvalue weighted by atomic mass is 10.0. The molecule has 0 aromatic heterocycles. The summed E-state index contributed by atoms with van der Waals surface area (Å²) in [5.41, 5.74) is 0. The van der Waals surface area contributed by atoms with Gasteiger partial charge in [-0.2, -0.15) is 0 Å². The van der Waals surface area contributed by atoms with Crippen molar-refractivity contribution in [3.05, 3.63) is 0 Å². The normalized spacial score (nSPS) is 13.7. The van der Waals surface area contributed by atoms with E-state index in [9.17, 15) is 43.2 Å². The lowest BCUT2D eigenvalue weighted by Crippen LogP contribution is -2.30. The summed E-state index contributed by atoms with van der Waals surface area (Å²) in [4.78, 5) is 73.2. The first-order chi connectivity index (χ1) is 52.0. The van der Waals surface area contributed by atoms with E-state index in [1.807, 2.05) is 0 Å². The Morgan fingerprint density at radius 2 is 0.430 bits per heavy atom. The van der Waals surface area contributed by atoms with Crippen LogP contribution in [0.4, 0.5) is 0 Å². The highest BCUT2D eigenvalue weighted by Gasteiger charge is 2.30. The van der Waals surface area contributed by atoms with Crippen molar-refractivity contribution in [2.75, 3.05) is 39.6 Å². The number of hydrogen-bond acceptors (Lipinski definition) is 15. The monoisotopic (exact) mass is 1560 g/mol. The molecule has 0 amide bonds. The van der Waals surface area contributed by atoms with Crippen molar-refractivity contribution in [3.8, 4) is 0 Å². The smallest absolute Gasteiger partial charge is 0.462 e. The highest BCUT2D eigenvalue weighted by atomic mass is 31.2. The SMILES string of the molecule is CCCCCCCCCCCCCCCCCCCCCCCCC(=O)O[C@H](COC(=O)CCCCCCCCCCCCCCCCCC(C)C)COP(=O)(O)OC[C@@H](O)COP(=O)(O)OC[C@@H](COC(=O)CCCCCCCCCCC)OC(=O)CCCCCCCCCCCCCCCCCCCC. The summed E-state index contributed by atoms with van der Waals surface area (Å²) in [6.07, 6.45) is 75.1. The maximum absolute atomic E-state index is 13.2. The summed E-state index contributed by atoms with van der Waals surface area (Å²) in [5.74, 6) is -1.29. The second-order valence-electron chi connectivity index (χ2n) is 32.1. The largest absolute Gasteiger partial charge is 0.472 e. The van der Waals surface area contributed by atoms with E-state index in [0.29, 0.717) is 25.7 Å². The molecule has 19 heteroatoms. The van der Waals surface area contributed by atoms with Gasteiger partial charge in [-0.25, -0.2) is 9.13 Å². The molecule has 0 aliphatic rings. The maximum Gasteiger partial charge on any atom is 0.472 e. The Morgan fingerprint density at radius 1 is 0.252 bits per heavy atom. The standard InChI is InChI=1S/C88H172O17P2/c1-6-9-12-15-18-21-23-25-27-29-31-32-33-34-36-40-45-49-54-59-64-69-74-88(93)105-84(78-99-86(91)72-67-62-57-52-47-43-41-37-38-42-46-51-55-60-65-70-81(4)5)80-103-107(96,97)101-76-82(89)75-100-106(94,95)102-79-83(77-98-85(90)71-66-61-56-50-20-17-14-11-8-3)104-87(92)73-68-63-58-53-48-44-39-35-30-28-26-24-22-19-16-13-10-7-2/h81-84,89H,6-80H2,1-5H3,(H,94,95)(H,96,97)/t82-,83+,84+/m0/s1. The Hall–Kier alpha value is -1.94. The van der Waals surface area contributed by atoms with Crippen LogP contribution in [0.5, 0.6) is 0 Å². The summed E-state index contributed by atoms with van der Waals surface area (Å²) in [6.45, 7) is 7.39. The van der Waals surface area contributed by atoms with Crippen molar-refractivity contribution in [3.63, 3.8) is 0 Å². The molecular weight excluding hydrogens is 1390 g/mol. The Labute approximate surface area is 658 Å². The van der Waals surface area contributed by atoms with E-state index in [-0.39, 0.29) is 25.7 Å². The number of phosphoric acid groups is 2. The number of esters is 4. The van der Waals surface area contributed by atoms with Crippen LogP contribution in [0.3, 0.4) is 0 Å². The number of hydrogen-bond donors (Lipinski definition) is 3. The van der Waals surface area contributed by atoms with Crippen molar-refractivity contribution in [1.82, 2.24) is 0 Å². The molecule has 5 atom stereocenters. The molecule has 0 aliphatic carbocycles. The number of ether oxygens (including phenoxy) is 4. The second kappa shape index (κ2) is 80.7. The molecule has 0 rings (SSSR count). The number of carbonyl (C=O) groups is 4. The third-order valence-corrected chi connectivity index (χ3v) is 22.7. The van der Waals surface area contributed by atoms with Gasteiger partial charge >= 0.3 is 39.5 Å². The number of rotatable bonds is 88. The summed E-state index contributed by atoms with van der Waals surface area (Å²) in [6, 6.07) is 0. The van der Waals surface area contributed by atoms with Crippen LogP contribution in [0.1, 0.15) is 478 Å². The van der Waals surface area contributed by atoms with Crippen molar-refractivity contribution < 1.29 is 80.2 Å².